The minimum absolute atomic E-state index is 0.230. The molecule has 0 heterocycles. The smallest absolute Gasteiger partial charge is 0.0703 e. The van der Waals surface area contributed by atoms with Gasteiger partial charge in [0.15, 0.2) is 0 Å². The number of likely N-dealkylation sites (N-methyl/N-ethyl adjacent to an activating group) is 1. The predicted octanol–water partition coefficient (Wildman–Crippen LogP) is 2.06. The first kappa shape index (κ1) is 14.9. The van der Waals surface area contributed by atoms with Crippen LogP contribution in [0.2, 0.25) is 0 Å². The van der Waals surface area contributed by atoms with Crippen molar-refractivity contribution in [3.05, 3.63) is 0 Å². The van der Waals surface area contributed by atoms with Crippen LogP contribution in [-0.2, 0) is 9.47 Å². The van der Waals surface area contributed by atoms with Crippen LogP contribution in [0.5, 0.6) is 0 Å². The van der Waals surface area contributed by atoms with Crippen molar-refractivity contribution >= 4 is 0 Å². The van der Waals surface area contributed by atoms with E-state index in [9.17, 15) is 0 Å². The highest BCUT2D eigenvalue weighted by Gasteiger charge is 2.22. The summed E-state index contributed by atoms with van der Waals surface area (Å²) in [7, 11) is 1.98. The summed E-state index contributed by atoms with van der Waals surface area (Å²) in [5.41, 5.74) is 0.230. The molecule has 1 N–H and O–H groups in total. The summed E-state index contributed by atoms with van der Waals surface area (Å²) in [4.78, 5) is 0. The predicted molar refractivity (Wildman–Crippen MR) is 64.2 cm³/mol. The fourth-order valence-electron chi connectivity index (χ4n) is 1.31. The number of hydrogen-bond donors (Lipinski definition) is 1. The van der Waals surface area contributed by atoms with Crippen LogP contribution in [0.25, 0.3) is 0 Å². The molecule has 0 aliphatic heterocycles. The molecule has 0 bridgehead atoms. The normalized spacial score (nSPS) is 14.6. The molecule has 0 spiro atoms. The summed E-state index contributed by atoms with van der Waals surface area (Å²) in [5.74, 6) is 0. The zero-order valence-electron chi connectivity index (χ0n) is 11.1. The van der Waals surface area contributed by atoms with Crippen LogP contribution < -0.4 is 5.32 Å². The molecule has 0 radical (unpaired) electrons. The highest BCUT2D eigenvalue weighted by Crippen LogP contribution is 2.18. The lowest BCUT2D eigenvalue weighted by atomic mass is 9.87. The summed E-state index contributed by atoms with van der Waals surface area (Å²) in [6, 6.07) is 0.386. The third-order valence-corrected chi connectivity index (χ3v) is 2.36. The average Bonchev–Trinajstić information content (AvgIpc) is 2.08. The van der Waals surface area contributed by atoms with Gasteiger partial charge in [-0.1, -0.05) is 20.8 Å². The number of rotatable bonds is 7. The molecule has 0 amide bonds. The largest absolute Gasteiger partial charge is 0.377 e. The molecule has 0 aromatic carbocycles. The van der Waals surface area contributed by atoms with E-state index in [1.165, 1.54) is 0 Å². The van der Waals surface area contributed by atoms with Crippen molar-refractivity contribution in [2.24, 2.45) is 5.41 Å². The van der Waals surface area contributed by atoms with Gasteiger partial charge in [0.25, 0.3) is 0 Å². The molecule has 1 unspecified atom stereocenters. The van der Waals surface area contributed by atoms with Gasteiger partial charge < -0.3 is 14.8 Å². The summed E-state index contributed by atoms with van der Waals surface area (Å²) in [6.45, 7) is 12.8. The Morgan fingerprint density at radius 2 is 1.73 bits per heavy atom. The summed E-state index contributed by atoms with van der Waals surface area (Å²) < 4.78 is 11.0. The first-order chi connectivity index (χ1) is 6.88. The molecule has 0 aromatic heterocycles. The van der Waals surface area contributed by atoms with Crippen LogP contribution in [0.3, 0.4) is 0 Å². The molecule has 0 rings (SSSR count). The molecule has 15 heavy (non-hydrogen) atoms. The van der Waals surface area contributed by atoms with E-state index in [2.05, 4.69) is 26.1 Å². The van der Waals surface area contributed by atoms with E-state index < -0.39 is 0 Å². The molecule has 3 nitrogen and oxygen atoms in total. The number of ether oxygens (including phenoxy) is 2. The summed E-state index contributed by atoms with van der Waals surface area (Å²) in [5, 5.41) is 3.28. The molecular formula is C12H27NO2. The lowest BCUT2D eigenvalue weighted by Gasteiger charge is -2.30. The van der Waals surface area contributed by atoms with Gasteiger partial charge in [0.05, 0.1) is 25.9 Å². The van der Waals surface area contributed by atoms with Crippen molar-refractivity contribution < 1.29 is 9.47 Å². The molecular weight excluding hydrogens is 190 g/mol. The maximum atomic E-state index is 5.58. The highest BCUT2D eigenvalue weighted by molar-refractivity contribution is 4.78. The maximum absolute atomic E-state index is 5.58. The Morgan fingerprint density at radius 1 is 1.13 bits per heavy atom. The van der Waals surface area contributed by atoms with Crippen molar-refractivity contribution in [1.82, 2.24) is 5.32 Å². The quantitative estimate of drug-likeness (QED) is 0.662. The van der Waals surface area contributed by atoms with Gasteiger partial charge in [0.2, 0.25) is 0 Å². The minimum atomic E-state index is 0.230. The van der Waals surface area contributed by atoms with Crippen LogP contribution in [0, 0.1) is 5.41 Å². The van der Waals surface area contributed by atoms with E-state index in [-0.39, 0.29) is 11.5 Å². The van der Waals surface area contributed by atoms with E-state index in [0.717, 1.165) is 6.61 Å². The van der Waals surface area contributed by atoms with Gasteiger partial charge in [-0.25, -0.2) is 0 Å². The SMILES string of the molecule is CNC(COCCOC(C)C)C(C)(C)C. The Balaban J connectivity index is 3.56. The van der Waals surface area contributed by atoms with Crippen molar-refractivity contribution in [1.29, 1.82) is 0 Å². The molecule has 0 aromatic rings. The van der Waals surface area contributed by atoms with Crippen molar-refractivity contribution in [2.45, 2.75) is 46.8 Å². The molecule has 0 aliphatic carbocycles. The Morgan fingerprint density at radius 3 is 2.13 bits per heavy atom. The van der Waals surface area contributed by atoms with Crippen LogP contribution in [0.15, 0.2) is 0 Å². The lowest BCUT2D eigenvalue weighted by Crippen LogP contribution is -2.42. The molecule has 1 atom stereocenters. The minimum Gasteiger partial charge on any atom is -0.377 e. The Labute approximate surface area is 94.5 Å². The van der Waals surface area contributed by atoms with E-state index in [1.807, 2.05) is 20.9 Å². The van der Waals surface area contributed by atoms with Crippen LogP contribution in [0.4, 0.5) is 0 Å². The van der Waals surface area contributed by atoms with Gasteiger partial charge in [-0.3, -0.25) is 0 Å². The zero-order valence-corrected chi connectivity index (χ0v) is 11.1. The Hall–Kier alpha value is -0.120. The summed E-state index contributed by atoms with van der Waals surface area (Å²) >= 11 is 0. The van der Waals surface area contributed by atoms with Crippen LogP contribution >= 0.6 is 0 Å². The Bertz CT molecular complexity index is 152. The molecule has 92 valence electrons. The fourth-order valence-corrected chi connectivity index (χ4v) is 1.31. The van der Waals surface area contributed by atoms with Crippen molar-refractivity contribution in [3.8, 4) is 0 Å². The second-order valence-electron chi connectivity index (χ2n) is 5.20. The van der Waals surface area contributed by atoms with E-state index in [4.69, 9.17) is 9.47 Å². The highest BCUT2D eigenvalue weighted by atomic mass is 16.5. The average molecular weight is 217 g/mol. The van der Waals surface area contributed by atoms with Gasteiger partial charge >= 0.3 is 0 Å². The molecule has 0 fully saturated rings. The number of nitrogens with one attached hydrogen (secondary N) is 1. The third kappa shape index (κ3) is 7.77. The number of hydrogen-bond acceptors (Lipinski definition) is 3. The lowest BCUT2D eigenvalue weighted by molar-refractivity contribution is 0.00533. The van der Waals surface area contributed by atoms with E-state index >= 15 is 0 Å². The second kappa shape index (κ2) is 7.20. The van der Waals surface area contributed by atoms with Gasteiger partial charge in [0, 0.05) is 6.04 Å². The summed E-state index contributed by atoms with van der Waals surface area (Å²) in [6.07, 6.45) is 0.288. The second-order valence-corrected chi connectivity index (χ2v) is 5.20. The molecule has 0 saturated carbocycles. The van der Waals surface area contributed by atoms with Crippen molar-refractivity contribution in [2.75, 3.05) is 26.9 Å². The van der Waals surface area contributed by atoms with Crippen molar-refractivity contribution in [3.63, 3.8) is 0 Å². The van der Waals surface area contributed by atoms with E-state index in [0.29, 0.717) is 19.3 Å². The fraction of sp³-hybridized carbons (Fsp3) is 1.00. The molecule has 3 heteroatoms. The monoisotopic (exact) mass is 217 g/mol. The molecule has 0 aliphatic rings. The standard InChI is InChI=1S/C12H27NO2/c1-10(2)15-8-7-14-9-11(13-6)12(3,4)5/h10-11,13H,7-9H2,1-6H3. The first-order valence-electron chi connectivity index (χ1n) is 5.74. The topological polar surface area (TPSA) is 30.5 Å². The Kier molecular flexibility index (Phi) is 7.14. The van der Waals surface area contributed by atoms with E-state index in [1.54, 1.807) is 0 Å². The van der Waals surface area contributed by atoms with Gasteiger partial charge in [-0.15, -0.1) is 0 Å². The van der Waals surface area contributed by atoms with Gasteiger partial charge in [0.1, 0.15) is 0 Å². The zero-order chi connectivity index (χ0) is 11.9. The van der Waals surface area contributed by atoms with Gasteiger partial charge in [-0.05, 0) is 26.3 Å². The van der Waals surface area contributed by atoms with Crippen LogP contribution in [-0.4, -0.2) is 39.0 Å². The third-order valence-electron chi connectivity index (χ3n) is 2.36. The first-order valence-corrected chi connectivity index (χ1v) is 5.74. The maximum Gasteiger partial charge on any atom is 0.0703 e. The molecule has 0 saturated heterocycles. The van der Waals surface area contributed by atoms with Gasteiger partial charge in [-0.2, -0.15) is 0 Å². The van der Waals surface area contributed by atoms with Crippen LogP contribution in [0.1, 0.15) is 34.6 Å².